The summed E-state index contributed by atoms with van der Waals surface area (Å²) in [6, 6.07) is 3.22. The number of hydrogen-bond donors (Lipinski definition) is 2. The minimum absolute atomic E-state index is 0. The fraction of sp³-hybridized carbons (Fsp3) is 0.500. The van der Waals surface area contributed by atoms with E-state index in [4.69, 9.17) is 15.2 Å². The molecule has 0 bridgehead atoms. The predicted molar refractivity (Wildman–Crippen MR) is 80.3 cm³/mol. The molecule has 1 aromatic rings. The Bertz CT molecular complexity index is 483. The van der Waals surface area contributed by atoms with E-state index in [0.717, 1.165) is 12.8 Å². The van der Waals surface area contributed by atoms with Crippen LogP contribution in [0.2, 0.25) is 0 Å². The van der Waals surface area contributed by atoms with Crippen molar-refractivity contribution < 1.29 is 18.7 Å². The van der Waals surface area contributed by atoms with Crippen LogP contribution in [0.4, 0.5) is 10.1 Å². The minimum Gasteiger partial charge on any atom is -0.491 e. The Hall–Kier alpha value is -1.37. The molecule has 0 saturated heterocycles. The van der Waals surface area contributed by atoms with Gasteiger partial charge in [0.1, 0.15) is 17.6 Å². The van der Waals surface area contributed by atoms with Crippen molar-refractivity contribution in [2.45, 2.75) is 18.9 Å². The van der Waals surface area contributed by atoms with Crippen molar-refractivity contribution in [3.8, 4) is 5.75 Å². The Morgan fingerprint density at radius 1 is 1.52 bits per heavy atom. The molecule has 1 aliphatic carbocycles. The zero-order chi connectivity index (χ0) is 14.5. The van der Waals surface area contributed by atoms with Crippen molar-refractivity contribution in [3.63, 3.8) is 0 Å². The second-order valence-corrected chi connectivity index (χ2v) is 4.95. The molecule has 1 fully saturated rings. The summed E-state index contributed by atoms with van der Waals surface area (Å²) in [6.45, 7) is 0.655. The standard InChI is InChI=1S/C14H19FN2O3.ClH/c1-19-8-11(16)14(18)17-12-5-4-10(15)6-13(12)20-7-9-2-3-9;/h4-6,9,11H,2-3,7-8,16H2,1H3,(H,17,18);1H. The summed E-state index contributed by atoms with van der Waals surface area (Å²) < 4.78 is 23.6. The molecule has 118 valence electrons. The maximum atomic E-state index is 13.3. The van der Waals surface area contributed by atoms with E-state index in [0.29, 0.717) is 24.0 Å². The number of rotatable bonds is 7. The average molecular weight is 319 g/mol. The lowest BCUT2D eigenvalue weighted by molar-refractivity contribution is -0.118. The summed E-state index contributed by atoms with van der Waals surface area (Å²) in [5.74, 6) is 0.0668. The van der Waals surface area contributed by atoms with Gasteiger partial charge in [-0.25, -0.2) is 4.39 Å². The van der Waals surface area contributed by atoms with E-state index in [9.17, 15) is 9.18 Å². The molecule has 0 heterocycles. The third-order valence-electron chi connectivity index (χ3n) is 3.06. The normalized spacial score (nSPS) is 15.0. The van der Waals surface area contributed by atoms with E-state index in [1.165, 1.54) is 25.3 Å². The number of carbonyl (C=O) groups excluding carboxylic acids is 1. The number of hydrogen-bond acceptors (Lipinski definition) is 4. The van der Waals surface area contributed by atoms with Crippen LogP contribution in [0, 0.1) is 11.7 Å². The first-order chi connectivity index (χ1) is 9.60. The first-order valence-electron chi connectivity index (χ1n) is 6.58. The van der Waals surface area contributed by atoms with E-state index in [-0.39, 0.29) is 19.0 Å². The van der Waals surface area contributed by atoms with Crippen LogP contribution >= 0.6 is 12.4 Å². The van der Waals surface area contributed by atoms with Gasteiger partial charge in [0.2, 0.25) is 5.91 Å². The summed E-state index contributed by atoms with van der Waals surface area (Å²) in [4.78, 5) is 11.8. The van der Waals surface area contributed by atoms with Gasteiger partial charge in [0.15, 0.2) is 0 Å². The quantitative estimate of drug-likeness (QED) is 0.806. The van der Waals surface area contributed by atoms with E-state index >= 15 is 0 Å². The summed E-state index contributed by atoms with van der Waals surface area (Å²) in [5, 5.41) is 2.63. The van der Waals surface area contributed by atoms with Crippen LogP contribution in [0.3, 0.4) is 0 Å². The topological polar surface area (TPSA) is 73.6 Å². The highest BCUT2D eigenvalue weighted by Crippen LogP contribution is 2.32. The fourth-order valence-electron chi connectivity index (χ4n) is 1.69. The van der Waals surface area contributed by atoms with Gasteiger partial charge in [-0.05, 0) is 30.9 Å². The van der Waals surface area contributed by atoms with E-state index in [1.807, 2.05) is 0 Å². The molecule has 0 aliphatic heterocycles. The number of carbonyl (C=O) groups is 1. The number of anilines is 1. The Kier molecular flexibility index (Phi) is 6.87. The highest BCUT2D eigenvalue weighted by Gasteiger charge is 2.23. The smallest absolute Gasteiger partial charge is 0.243 e. The van der Waals surface area contributed by atoms with E-state index in [1.54, 1.807) is 0 Å². The largest absolute Gasteiger partial charge is 0.491 e. The van der Waals surface area contributed by atoms with Gasteiger partial charge < -0.3 is 20.5 Å². The van der Waals surface area contributed by atoms with Gasteiger partial charge in [0, 0.05) is 13.2 Å². The second-order valence-electron chi connectivity index (χ2n) is 4.95. The lowest BCUT2D eigenvalue weighted by Gasteiger charge is -2.15. The number of ether oxygens (including phenoxy) is 2. The molecule has 3 N–H and O–H groups in total. The number of halogens is 2. The minimum atomic E-state index is -0.777. The molecule has 1 unspecified atom stereocenters. The van der Waals surface area contributed by atoms with Crippen molar-refractivity contribution in [3.05, 3.63) is 24.0 Å². The van der Waals surface area contributed by atoms with Crippen LogP contribution in [0.1, 0.15) is 12.8 Å². The number of methoxy groups -OCH3 is 1. The van der Waals surface area contributed by atoms with Crippen LogP contribution in [0.25, 0.3) is 0 Å². The van der Waals surface area contributed by atoms with Gasteiger partial charge in [-0.2, -0.15) is 0 Å². The SMILES string of the molecule is COCC(N)C(=O)Nc1ccc(F)cc1OCC1CC1.Cl. The summed E-state index contributed by atoms with van der Waals surface area (Å²) in [6.07, 6.45) is 2.27. The zero-order valence-corrected chi connectivity index (χ0v) is 12.6. The number of nitrogens with two attached hydrogens (primary N) is 1. The molecular weight excluding hydrogens is 299 g/mol. The molecule has 21 heavy (non-hydrogen) atoms. The van der Waals surface area contributed by atoms with Gasteiger partial charge in [0.25, 0.3) is 0 Å². The Morgan fingerprint density at radius 2 is 2.24 bits per heavy atom. The van der Waals surface area contributed by atoms with Gasteiger partial charge in [0.05, 0.1) is 18.9 Å². The first-order valence-corrected chi connectivity index (χ1v) is 6.58. The molecule has 1 atom stereocenters. The molecule has 1 saturated carbocycles. The highest BCUT2D eigenvalue weighted by molar-refractivity contribution is 5.96. The van der Waals surface area contributed by atoms with Gasteiger partial charge >= 0.3 is 0 Å². The van der Waals surface area contributed by atoms with Crippen LogP contribution < -0.4 is 15.8 Å². The molecule has 0 aromatic heterocycles. The number of nitrogens with one attached hydrogen (secondary N) is 1. The van der Waals surface area contributed by atoms with Crippen LogP contribution in [-0.2, 0) is 9.53 Å². The second kappa shape index (κ2) is 8.17. The van der Waals surface area contributed by atoms with E-state index < -0.39 is 17.8 Å². The van der Waals surface area contributed by atoms with Crippen molar-refractivity contribution in [2.24, 2.45) is 11.7 Å². The lowest BCUT2D eigenvalue weighted by atomic mass is 10.2. The molecule has 1 amide bonds. The summed E-state index contributed by atoms with van der Waals surface area (Å²) >= 11 is 0. The Balaban J connectivity index is 0.00000220. The first kappa shape index (κ1) is 17.7. The fourth-order valence-corrected chi connectivity index (χ4v) is 1.69. The maximum absolute atomic E-state index is 13.3. The summed E-state index contributed by atoms with van der Waals surface area (Å²) in [7, 11) is 1.47. The molecule has 2 rings (SSSR count). The Labute approximate surface area is 129 Å². The highest BCUT2D eigenvalue weighted by atomic mass is 35.5. The molecule has 5 nitrogen and oxygen atoms in total. The van der Waals surface area contributed by atoms with Gasteiger partial charge in [-0.1, -0.05) is 0 Å². The average Bonchev–Trinajstić information content (AvgIpc) is 3.23. The van der Waals surface area contributed by atoms with Crippen molar-refractivity contribution >= 4 is 24.0 Å². The van der Waals surface area contributed by atoms with Crippen molar-refractivity contribution in [1.82, 2.24) is 0 Å². The van der Waals surface area contributed by atoms with Crippen LogP contribution in [0.15, 0.2) is 18.2 Å². The molecule has 0 radical (unpaired) electrons. The molecule has 0 spiro atoms. The number of benzene rings is 1. The van der Waals surface area contributed by atoms with Gasteiger partial charge in [-0.15, -0.1) is 12.4 Å². The third-order valence-corrected chi connectivity index (χ3v) is 3.06. The van der Waals surface area contributed by atoms with Gasteiger partial charge in [-0.3, -0.25) is 4.79 Å². The maximum Gasteiger partial charge on any atom is 0.243 e. The number of amides is 1. The van der Waals surface area contributed by atoms with Crippen molar-refractivity contribution in [2.75, 3.05) is 25.6 Å². The van der Waals surface area contributed by atoms with E-state index in [2.05, 4.69) is 5.32 Å². The zero-order valence-electron chi connectivity index (χ0n) is 11.8. The van der Waals surface area contributed by atoms with Crippen LogP contribution in [0.5, 0.6) is 5.75 Å². The molecule has 1 aromatic carbocycles. The summed E-state index contributed by atoms with van der Waals surface area (Å²) in [5.41, 5.74) is 6.06. The lowest BCUT2D eigenvalue weighted by Crippen LogP contribution is -2.39. The molecule has 7 heteroatoms. The predicted octanol–water partition coefficient (Wildman–Crippen LogP) is 1.95. The van der Waals surface area contributed by atoms with Crippen molar-refractivity contribution in [1.29, 1.82) is 0 Å². The monoisotopic (exact) mass is 318 g/mol. The molecule has 1 aliphatic rings. The molecular formula is C14H20ClFN2O3. The Morgan fingerprint density at radius 3 is 2.86 bits per heavy atom. The van der Waals surface area contributed by atoms with Crippen LogP contribution in [-0.4, -0.2) is 32.3 Å². The third kappa shape index (κ3) is 5.49.